The monoisotopic (exact) mass is 446 g/mol. The molecule has 8 heteroatoms. The van der Waals surface area contributed by atoms with Crippen molar-refractivity contribution in [2.75, 3.05) is 20.6 Å². The summed E-state index contributed by atoms with van der Waals surface area (Å²) in [5.41, 5.74) is 0. The van der Waals surface area contributed by atoms with Gasteiger partial charge in [-0.15, -0.1) is 0 Å². The maximum Gasteiger partial charge on any atom is 0.246 e. The Morgan fingerprint density at radius 3 is 2.31 bits per heavy atom. The van der Waals surface area contributed by atoms with Crippen molar-refractivity contribution < 1.29 is 19.2 Å². The van der Waals surface area contributed by atoms with Crippen LogP contribution >= 0.6 is 0 Å². The molecule has 2 N–H and O–H groups in total. The first-order chi connectivity index (χ1) is 15.1. The molecule has 0 aliphatic carbocycles. The van der Waals surface area contributed by atoms with E-state index in [9.17, 15) is 19.2 Å². The summed E-state index contributed by atoms with van der Waals surface area (Å²) < 4.78 is 0. The van der Waals surface area contributed by atoms with Crippen LogP contribution in [0.4, 0.5) is 0 Å². The van der Waals surface area contributed by atoms with Gasteiger partial charge >= 0.3 is 0 Å². The molecule has 0 spiro atoms. The van der Waals surface area contributed by atoms with E-state index in [0.717, 1.165) is 0 Å². The molecule has 1 aliphatic heterocycles. The van der Waals surface area contributed by atoms with Crippen LogP contribution in [0.2, 0.25) is 0 Å². The number of carbonyl (C=O) groups excluding carboxylic acids is 4. The normalized spacial score (nSPS) is 24.7. The van der Waals surface area contributed by atoms with E-state index in [2.05, 4.69) is 10.6 Å². The highest BCUT2D eigenvalue weighted by Gasteiger charge is 2.37. The number of nitrogens with one attached hydrogen (secondary N) is 2. The molecule has 3 atom stereocenters. The third-order valence-electron chi connectivity index (χ3n) is 5.56. The van der Waals surface area contributed by atoms with E-state index in [4.69, 9.17) is 0 Å². The van der Waals surface area contributed by atoms with Crippen LogP contribution in [0.25, 0.3) is 0 Å². The van der Waals surface area contributed by atoms with Gasteiger partial charge in [-0.25, -0.2) is 0 Å². The van der Waals surface area contributed by atoms with Gasteiger partial charge in [-0.1, -0.05) is 44.2 Å². The molecule has 1 saturated heterocycles. The molecule has 1 heterocycles. The van der Waals surface area contributed by atoms with Gasteiger partial charge in [0, 0.05) is 26.7 Å². The molecule has 1 fully saturated rings. The Bertz CT molecular complexity index is 757. The van der Waals surface area contributed by atoms with Crippen LogP contribution in [0, 0.1) is 5.92 Å². The number of carbonyl (C=O) groups is 4. The highest BCUT2D eigenvalue weighted by atomic mass is 16.2. The summed E-state index contributed by atoms with van der Waals surface area (Å²) in [6, 6.07) is -2.16. The van der Waals surface area contributed by atoms with E-state index in [1.807, 2.05) is 32.9 Å². The molecule has 0 radical (unpaired) electrons. The number of amides is 4. The number of hydrogen-bond acceptors (Lipinski definition) is 4. The minimum atomic E-state index is -0.759. The SMILES string of the molecule is C/C=C/C=C/C=C/C(=O)N[C@H]1CCCCNC(=O)[C@H](C)N(C)C(=O)[C@H](C(C)C)N(C)C1=O. The van der Waals surface area contributed by atoms with Crippen LogP contribution in [0.1, 0.15) is 47.0 Å². The second-order valence-corrected chi connectivity index (χ2v) is 8.38. The van der Waals surface area contributed by atoms with Crippen molar-refractivity contribution in [3.05, 3.63) is 36.5 Å². The molecule has 8 nitrogen and oxygen atoms in total. The summed E-state index contributed by atoms with van der Waals surface area (Å²) in [5.74, 6) is -1.40. The first-order valence-electron chi connectivity index (χ1n) is 11.2. The summed E-state index contributed by atoms with van der Waals surface area (Å²) in [5, 5.41) is 5.62. The lowest BCUT2D eigenvalue weighted by Gasteiger charge is -2.36. The Kier molecular flexibility index (Phi) is 11.4. The number of nitrogens with zero attached hydrogens (tertiary/aromatic N) is 2. The fourth-order valence-corrected chi connectivity index (χ4v) is 3.55. The average Bonchev–Trinajstić information content (AvgIpc) is 2.75. The number of likely N-dealkylation sites (N-methyl/N-ethyl adjacent to an activating group) is 2. The number of rotatable bonds is 5. The Labute approximate surface area is 191 Å². The van der Waals surface area contributed by atoms with Crippen molar-refractivity contribution in [2.24, 2.45) is 5.92 Å². The minimum absolute atomic E-state index is 0.174. The Morgan fingerprint density at radius 1 is 1.03 bits per heavy atom. The van der Waals surface area contributed by atoms with Gasteiger partial charge in [0.2, 0.25) is 23.6 Å². The van der Waals surface area contributed by atoms with E-state index in [0.29, 0.717) is 25.8 Å². The molecule has 0 unspecified atom stereocenters. The Morgan fingerprint density at radius 2 is 1.69 bits per heavy atom. The third-order valence-corrected chi connectivity index (χ3v) is 5.56. The van der Waals surface area contributed by atoms with Crippen molar-refractivity contribution >= 4 is 23.6 Å². The Hall–Kier alpha value is -2.90. The van der Waals surface area contributed by atoms with Gasteiger partial charge in [0.25, 0.3) is 0 Å². The second kappa shape index (κ2) is 13.5. The molecular weight excluding hydrogens is 408 g/mol. The van der Waals surface area contributed by atoms with Crippen LogP contribution in [-0.4, -0.2) is 72.2 Å². The minimum Gasteiger partial charge on any atom is -0.354 e. The van der Waals surface area contributed by atoms with Gasteiger partial charge in [-0.05, 0) is 39.0 Å². The fraction of sp³-hybridized carbons (Fsp3) is 0.583. The molecule has 0 saturated carbocycles. The van der Waals surface area contributed by atoms with Gasteiger partial charge in [-0.3, -0.25) is 19.2 Å². The molecule has 0 aromatic heterocycles. The van der Waals surface area contributed by atoms with Crippen molar-refractivity contribution in [2.45, 2.75) is 65.1 Å². The lowest BCUT2D eigenvalue weighted by Crippen LogP contribution is -2.58. The van der Waals surface area contributed by atoms with Crippen molar-refractivity contribution in [3.63, 3.8) is 0 Å². The van der Waals surface area contributed by atoms with Gasteiger partial charge in [-0.2, -0.15) is 0 Å². The third kappa shape index (κ3) is 7.98. The smallest absolute Gasteiger partial charge is 0.246 e. The van der Waals surface area contributed by atoms with E-state index in [-0.39, 0.29) is 29.5 Å². The van der Waals surface area contributed by atoms with E-state index in [1.165, 1.54) is 15.9 Å². The zero-order valence-electron chi connectivity index (χ0n) is 20.1. The van der Waals surface area contributed by atoms with Gasteiger partial charge in [0.1, 0.15) is 18.1 Å². The summed E-state index contributed by atoms with van der Waals surface area (Å²) >= 11 is 0. The first kappa shape index (κ1) is 27.1. The molecule has 1 rings (SSSR count). The van der Waals surface area contributed by atoms with Crippen LogP contribution in [0.5, 0.6) is 0 Å². The predicted molar refractivity (Wildman–Crippen MR) is 126 cm³/mol. The lowest BCUT2D eigenvalue weighted by atomic mass is 9.99. The van der Waals surface area contributed by atoms with Gasteiger partial charge in [0.05, 0.1) is 0 Å². The zero-order chi connectivity index (χ0) is 24.3. The summed E-state index contributed by atoms with van der Waals surface area (Å²) in [6.07, 6.45) is 11.9. The molecular formula is C24H38N4O4. The second-order valence-electron chi connectivity index (χ2n) is 8.38. The van der Waals surface area contributed by atoms with Gasteiger partial charge < -0.3 is 20.4 Å². The predicted octanol–water partition coefficient (Wildman–Crippen LogP) is 1.79. The number of hydrogen-bond donors (Lipinski definition) is 2. The van der Waals surface area contributed by atoms with Crippen molar-refractivity contribution in [1.29, 1.82) is 0 Å². The molecule has 4 amide bonds. The maximum absolute atomic E-state index is 13.3. The summed E-state index contributed by atoms with van der Waals surface area (Å²) in [4.78, 5) is 54.1. The highest BCUT2D eigenvalue weighted by molar-refractivity contribution is 5.96. The van der Waals surface area contributed by atoms with E-state index in [1.54, 1.807) is 39.2 Å². The molecule has 32 heavy (non-hydrogen) atoms. The van der Waals surface area contributed by atoms with Crippen LogP contribution in [-0.2, 0) is 19.2 Å². The highest BCUT2D eigenvalue weighted by Crippen LogP contribution is 2.17. The molecule has 0 aromatic rings. The topological polar surface area (TPSA) is 98.8 Å². The average molecular weight is 447 g/mol. The van der Waals surface area contributed by atoms with Crippen molar-refractivity contribution in [3.8, 4) is 0 Å². The molecule has 1 aliphatic rings. The zero-order valence-corrected chi connectivity index (χ0v) is 20.1. The molecule has 178 valence electrons. The van der Waals surface area contributed by atoms with Crippen LogP contribution in [0.3, 0.4) is 0 Å². The molecule has 0 aromatic carbocycles. The van der Waals surface area contributed by atoms with Crippen molar-refractivity contribution in [1.82, 2.24) is 20.4 Å². The lowest BCUT2D eigenvalue weighted by molar-refractivity contribution is -0.149. The summed E-state index contributed by atoms with van der Waals surface area (Å²) in [6.45, 7) is 7.73. The van der Waals surface area contributed by atoms with E-state index < -0.39 is 18.1 Å². The van der Waals surface area contributed by atoms with Crippen LogP contribution < -0.4 is 10.6 Å². The summed E-state index contributed by atoms with van der Waals surface area (Å²) in [7, 11) is 3.16. The largest absolute Gasteiger partial charge is 0.354 e. The standard InChI is InChI=1S/C24H38N4O4/c1-7-8-9-10-11-15-20(29)26-19-14-12-13-16-25-22(30)18(4)27(5)24(32)21(17(2)3)28(6)23(19)31/h7-11,15,17-19,21H,12-14,16H2,1-6H3,(H,25,30)(H,26,29)/b8-7+,10-9+,15-11+/t18-,19-,21-/m0/s1. The fourth-order valence-electron chi connectivity index (χ4n) is 3.55. The van der Waals surface area contributed by atoms with Gasteiger partial charge in [0.15, 0.2) is 0 Å². The quantitative estimate of drug-likeness (QED) is 0.497. The van der Waals surface area contributed by atoms with E-state index >= 15 is 0 Å². The maximum atomic E-state index is 13.3. The van der Waals surface area contributed by atoms with Crippen LogP contribution in [0.15, 0.2) is 36.5 Å². The Balaban J connectivity index is 3.13. The number of allylic oxidation sites excluding steroid dienone is 5. The molecule has 0 bridgehead atoms. The first-order valence-corrected chi connectivity index (χ1v) is 11.2.